The van der Waals surface area contributed by atoms with E-state index in [1.54, 1.807) is 18.5 Å². The smallest absolute Gasteiger partial charge is 0.246 e. The highest BCUT2D eigenvalue weighted by molar-refractivity contribution is 5.92. The van der Waals surface area contributed by atoms with Crippen LogP contribution in [0.5, 0.6) is 5.75 Å². The molecule has 2 rings (SSSR count). The van der Waals surface area contributed by atoms with Crippen LogP contribution in [0.3, 0.4) is 0 Å². The van der Waals surface area contributed by atoms with Gasteiger partial charge in [-0.05, 0) is 49.6 Å². The number of hydrogen-bond acceptors (Lipinski definition) is 3. The van der Waals surface area contributed by atoms with Gasteiger partial charge in [-0.25, -0.2) is 0 Å². The van der Waals surface area contributed by atoms with Crippen molar-refractivity contribution in [3.63, 3.8) is 0 Å². The van der Waals surface area contributed by atoms with E-state index >= 15 is 0 Å². The molecule has 1 aromatic carbocycles. The Hall–Kier alpha value is -2.62. The molecule has 0 radical (unpaired) electrons. The third-order valence-electron chi connectivity index (χ3n) is 3.90. The van der Waals surface area contributed by atoms with Crippen LogP contribution in [-0.2, 0) is 11.2 Å². The lowest BCUT2D eigenvalue weighted by molar-refractivity contribution is -0.125. The minimum atomic E-state index is 0.0156. The Balaban J connectivity index is 1.98. The lowest BCUT2D eigenvalue weighted by atomic mass is 10.1. The van der Waals surface area contributed by atoms with Crippen molar-refractivity contribution in [2.45, 2.75) is 26.7 Å². The van der Waals surface area contributed by atoms with Crippen molar-refractivity contribution in [1.82, 2.24) is 9.88 Å². The molecule has 2 aromatic rings. The van der Waals surface area contributed by atoms with Gasteiger partial charge in [0.05, 0.1) is 6.61 Å². The number of ether oxygens (including phenoxy) is 1. The van der Waals surface area contributed by atoms with Crippen molar-refractivity contribution in [1.29, 1.82) is 0 Å². The molecular formula is C21H26N2O2. The largest absolute Gasteiger partial charge is 0.493 e. The van der Waals surface area contributed by atoms with E-state index in [9.17, 15) is 4.79 Å². The predicted molar refractivity (Wildman–Crippen MR) is 101 cm³/mol. The zero-order valence-electron chi connectivity index (χ0n) is 15.0. The number of carbonyl (C=O) groups is 1. The van der Waals surface area contributed by atoms with Crippen molar-refractivity contribution in [2.24, 2.45) is 0 Å². The molecule has 0 aliphatic rings. The molecule has 0 unspecified atom stereocenters. The van der Waals surface area contributed by atoms with Crippen LogP contribution in [0.2, 0.25) is 0 Å². The minimum absolute atomic E-state index is 0.0156. The topological polar surface area (TPSA) is 42.4 Å². The summed E-state index contributed by atoms with van der Waals surface area (Å²) in [6.45, 7) is 6.12. The first kappa shape index (κ1) is 18.7. The quantitative estimate of drug-likeness (QED) is 0.650. The fourth-order valence-corrected chi connectivity index (χ4v) is 2.47. The Morgan fingerprint density at radius 2 is 1.92 bits per heavy atom. The summed E-state index contributed by atoms with van der Waals surface area (Å²) in [6, 6.07) is 11.7. The van der Waals surface area contributed by atoms with Crippen LogP contribution < -0.4 is 4.74 Å². The molecule has 0 spiro atoms. The fraction of sp³-hybridized carbons (Fsp3) is 0.333. The maximum atomic E-state index is 12.5. The van der Waals surface area contributed by atoms with Gasteiger partial charge in [-0.2, -0.15) is 0 Å². The van der Waals surface area contributed by atoms with Crippen LogP contribution in [-0.4, -0.2) is 35.5 Å². The lowest BCUT2D eigenvalue weighted by Crippen LogP contribution is -2.31. The zero-order chi connectivity index (χ0) is 17.9. The highest BCUT2D eigenvalue weighted by Crippen LogP contribution is 2.19. The molecule has 0 atom stereocenters. The average molecular weight is 338 g/mol. The molecule has 0 saturated carbocycles. The summed E-state index contributed by atoms with van der Waals surface area (Å²) < 4.78 is 5.73. The van der Waals surface area contributed by atoms with Gasteiger partial charge in [0.2, 0.25) is 5.91 Å². The fourth-order valence-electron chi connectivity index (χ4n) is 2.47. The van der Waals surface area contributed by atoms with Crippen molar-refractivity contribution in [2.75, 3.05) is 19.7 Å². The van der Waals surface area contributed by atoms with E-state index in [4.69, 9.17) is 4.74 Å². The third kappa shape index (κ3) is 6.07. The Bertz CT molecular complexity index is 683. The predicted octanol–water partition coefficient (Wildman–Crippen LogP) is 3.97. The molecule has 1 amide bonds. The molecule has 1 aromatic heterocycles. The molecule has 25 heavy (non-hydrogen) atoms. The van der Waals surface area contributed by atoms with Gasteiger partial charge >= 0.3 is 0 Å². The molecule has 0 aliphatic carbocycles. The average Bonchev–Trinajstić information content (AvgIpc) is 2.66. The molecule has 132 valence electrons. The second-order valence-electron chi connectivity index (χ2n) is 5.74. The Labute approximate surface area is 150 Å². The zero-order valence-corrected chi connectivity index (χ0v) is 15.0. The van der Waals surface area contributed by atoms with E-state index in [1.807, 2.05) is 54.3 Å². The Kier molecular flexibility index (Phi) is 7.70. The normalized spacial score (nSPS) is 10.8. The lowest BCUT2D eigenvalue weighted by Gasteiger charge is -2.19. The van der Waals surface area contributed by atoms with Gasteiger partial charge in [0.25, 0.3) is 0 Å². The van der Waals surface area contributed by atoms with Crippen molar-refractivity contribution in [3.05, 3.63) is 66.0 Å². The van der Waals surface area contributed by atoms with Crippen LogP contribution in [0.25, 0.3) is 6.08 Å². The summed E-state index contributed by atoms with van der Waals surface area (Å²) in [5, 5.41) is 0. The summed E-state index contributed by atoms with van der Waals surface area (Å²) in [6.07, 6.45) is 8.80. The van der Waals surface area contributed by atoms with Crippen LogP contribution in [0.1, 0.15) is 31.4 Å². The molecule has 1 heterocycles. The van der Waals surface area contributed by atoms with E-state index in [0.29, 0.717) is 19.7 Å². The van der Waals surface area contributed by atoms with Crippen LogP contribution >= 0.6 is 0 Å². The first-order chi connectivity index (χ1) is 12.2. The summed E-state index contributed by atoms with van der Waals surface area (Å²) in [5.41, 5.74) is 2.11. The second-order valence-corrected chi connectivity index (χ2v) is 5.74. The molecule has 4 heteroatoms. The number of hydrogen-bond donors (Lipinski definition) is 0. The molecule has 0 fully saturated rings. The number of carbonyl (C=O) groups excluding carboxylic acids is 1. The summed E-state index contributed by atoms with van der Waals surface area (Å²) in [5.74, 6) is 0.829. The van der Waals surface area contributed by atoms with Crippen LogP contribution in [0.4, 0.5) is 0 Å². The second kappa shape index (κ2) is 10.3. The van der Waals surface area contributed by atoms with Gasteiger partial charge in [0, 0.05) is 37.1 Å². The maximum absolute atomic E-state index is 12.5. The van der Waals surface area contributed by atoms with Gasteiger partial charge in [0.1, 0.15) is 5.75 Å². The van der Waals surface area contributed by atoms with E-state index in [1.165, 1.54) is 5.56 Å². The number of likely N-dealkylation sites (N-methyl/N-ethyl adjacent to an activating group) is 1. The molecule has 4 nitrogen and oxygen atoms in total. The Morgan fingerprint density at radius 3 is 2.64 bits per heavy atom. The number of nitrogens with zero attached hydrogens (tertiary/aromatic N) is 2. The summed E-state index contributed by atoms with van der Waals surface area (Å²) in [4.78, 5) is 18.3. The number of rotatable bonds is 9. The Morgan fingerprint density at radius 1 is 1.16 bits per heavy atom. The monoisotopic (exact) mass is 338 g/mol. The first-order valence-corrected chi connectivity index (χ1v) is 8.82. The SMILES string of the molecule is CCCOc1ccccc1/C=C/C(=O)N(CC)CCc1ccncc1. The van der Waals surface area contributed by atoms with Gasteiger partial charge in [-0.1, -0.05) is 25.1 Å². The van der Waals surface area contributed by atoms with Gasteiger partial charge in [-0.15, -0.1) is 0 Å². The molecule has 0 N–H and O–H groups in total. The first-order valence-electron chi connectivity index (χ1n) is 8.82. The van der Waals surface area contributed by atoms with Crippen molar-refractivity contribution < 1.29 is 9.53 Å². The number of para-hydroxylation sites is 1. The van der Waals surface area contributed by atoms with E-state index < -0.39 is 0 Å². The molecular weight excluding hydrogens is 312 g/mol. The highest BCUT2D eigenvalue weighted by Gasteiger charge is 2.09. The van der Waals surface area contributed by atoms with Crippen LogP contribution in [0, 0.1) is 0 Å². The van der Waals surface area contributed by atoms with Crippen molar-refractivity contribution in [3.8, 4) is 5.75 Å². The van der Waals surface area contributed by atoms with E-state index in [-0.39, 0.29) is 5.91 Å². The van der Waals surface area contributed by atoms with Gasteiger partial charge in [0.15, 0.2) is 0 Å². The minimum Gasteiger partial charge on any atom is -0.493 e. The standard InChI is InChI=1S/C21H26N2O2/c1-3-17-25-20-8-6-5-7-19(20)9-10-21(24)23(4-2)16-13-18-11-14-22-15-12-18/h5-12,14-15H,3-4,13,16-17H2,1-2H3/b10-9+. The number of amides is 1. The number of benzene rings is 1. The maximum Gasteiger partial charge on any atom is 0.246 e. The highest BCUT2D eigenvalue weighted by atomic mass is 16.5. The molecule has 0 bridgehead atoms. The number of pyridine rings is 1. The number of aromatic nitrogens is 1. The van der Waals surface area contributed by atoms with E-state index in [2.05, 4.69) is 11.9 Å². The van der Waals surface area contributed by atoms with Crippen LogP contribution in [0.15, 0.2) is 54.9 Å². The summed E-state index contributed by atoms with van der Waals surface area (Å²) in [7, 11) is 0. The summed E-state index contributed by atoms with van der Waals surface area (Å²) >= 11 is 0. The van der Waals surface area contributed by atoms with E-state index in [0.717, 1.165) is 24.2 Å². The molecule has 0 aliphatic heterocycles. The molecule has 0 saturated heterocycles. The van der Waals surface area contributed by atoms with Crippen molar-refractivity contribution >= 4 is 12.0 Å². The third-order valence-corrected chi connectivity index (χ3v) is 3.90. The van der Waals surface area contributed by atoms with Gasteiger partial charge in [-0.3, -0.25) is 9.78 Å². The van der Waals surface area contributed by atoms with Gasteiger partial charge < -0.3 is 9.64 Å².